The first-order valence-corrected chi connectivity index (χ1v) is 5.75. The summed E-state index contributed by atoms with van der Waals surface area (Å²) < 4.78 is 0. The number of hydrogen-bond acceptors (Lipinski definition) is 2. The Bertz CT molecular complexity index is 430. The van der Waals surface area contributed by atoms with E-state index in [-0.39, 0.29) is 0 Å². The second kappa shape index (κ2) is 4.71. The van der Waals surface area contributed by atoms with Gasteiger partial charge in [0, 0.05) is 19.1 Å². The first-order chi connectivity index (χ1) is 7.66. The zero-order valence-electron chi connectivity index (χ0n) is 9.57. The number of rotatable bonds is 2. The smallest absolute Gasteiger partial charge is 0.124 e. The molecule has 1 aliphatic heterocycles. The van der Waals surface area contributed by atoms with Gasteiger partial charge >= 0.3 is 0 Å². The molecule has 1 heterocycles. The zero-order chi connectivity index (χ0) is 11.5. The van der Waals surface area contributed by atoms with Crippen molar-refractivity contribution >= 4 is 17.3 Å². The maximum Gasteiger partial charge on any atom is 0.124 e. The molecule has 2 nitrogen and oxygen atoms in total. The van der Waals surface area contributed by atoms with Crippen LogP contribution < -0.4 is 0 Å². The summed E-state index contributed by atoms with van der Waals surface area (Å²) in [6.07, 6.45) is 4.22. The third kappa shape index (κ3) is 2.45. The lowest BCUT2D eigenvalue weighted by atomic mass is 10.0. The first kappa shape index (κ1) is 11.2. The van der Waals surface area contributed by atoms with Gasteiger partial charge in [0.2, 0.25) is 0 Å². The number of allylic oxidation sites excluding steroid dienone is 1. The van der Waals surface area contributed by atoms with Gasteiger partial charge in [-0.25, -0.2) is 4.99 Å². The molecule has 2 rings (SSSR count). The summed E-state index contributed by atoms with van der Waals surface area (Å²) in [5.74, 6) is 1.04. The molecule has 0 amide bonds. The van der Waals surface area contributed by atoms with Crippen LogP contribution in [0.1, 0.15) is 18.4 Å². The number of benzene rings is 1. The topological polar surface area (TPSA) is 15.6 Å². The summed E-state index contributed by atoms with van der Waals surface area (Å²) in [5, 5.41) is 0.767. The Morgan fingerprint density at radius 1 is 1.19 bits per heavy atom. The molecule has 0 saturated heterocycles. The standard InChI is InChI=1S/C13H15ClN2/c1-16(2)13-5-3-4-12(15-13)10-6-8-11(14)9-7-10/h5-9H,3-4H2,1-2H3. The highest BCUT2D eigenvalue weighted by molar-refractivity contribution is 6.30. The molecule has 0 radical (unpaired) electrons. The lowest BCUT2D eigenvalue weighted by molar-refractivity contribution is 0.500. The molecular formula is C13H15ClN2. The summed E-state index contributed by atoms with van der Waals surface area (Å²) in [7, 11) is 4.03. The summed E-state index contributed by atoms with van der Waals surface area (Å²) in [4.78, 5) is 6.68. The van der Waals surface area contributed by atoms with E-state index in [1.807, 2.05) is 43.3 Å². The van der Waals surface area contributed by atoms with E-state index in [4.69, 9.17) is 11.6 Å². The third-order valence-electron chi connectivity index (χ3n) is 2.59. The highest BCUT2D eigenvalue weighted by Crippen LogP contribution is 2.18. The Balaban J connectivity index is 2.28. The van der Waals surface area contributed by atoms with Gasteiger partial charge in [-0.3, -0.25) is 0 Å². The minimum absolute atomic E-state index is 0.767. The van der Waals surface area contributed by atoms with Crippen molar-refractivity contribution < 1.29 is 0 Å². The Hall–Kier alpha value is -1.28. The van der Waals surface area contributed by atoms with Crippen LogP contribution in [-0.2, 0) is 0 Å². The number of nitrogens with zero attached hydrogens (tertiary/aromatic N) is 2. The Morgan fingerprint density at radius 3 is 2.50 bits per heavy atom. The monoisotopic (exact) mass is 234 g/mol. The number of aliphatic imine (C=N–C) groups is 1. The molecule has 1 aromatic carbocycles. The van der Waals surface area contributed by atoms with Gasteiger partial charge in [0.15, 0.2) is 0 Å². The molecule has 0 atom stereocenters. The zero-order valence-corrected chi connectivity index (χ0v) is 10.3. The highest BCUT2D eigenvalue weighted by Gasteiger charge is 2.10. The second-order valence-corrected chi connectivity index (χ2v) is 4.50. The van der Waals surface area contributed by atoms with E-state index < -0.39 is 0 Å². The van der Waals surface area contributed by atoms with E-state index in [1.165, 1.54) is 0 Å². The van der Waals surface area contributed by atoms with E-state index in [2.05, 4.69) is 11.1 Å². The SMILES string of the molecule is CN(C)C1=CCCC(c2ccc(Cl)cc2)=N1. The van der Waals surface area contributed by atoms with E-state index in [1.54, 1.807) is 0 Å². The van der Waals surface area contributed by atoms with E-state index in [9.17, 15) is 0 Å². The van der Waals surface area contributed by atoms with E-state index in [0.717, 1.165) is 35.0 Å². The molecule has 0 saturated carbocycles. The largest absolute Gasteiger partial charge is 0.363 e. The summed E-state index contributed by atoms with van der Waals surface area (Å²) in [6.45, 7) is 0. The fraction of sp³-hybridized carbons (Fsp3) is 0.308. The van der Waals surface area contributed by atoms with E-state index >= 15 is 0 Å². The molecule has 16 heavy (non-hydrogen) atoms. The van der Waals surface area contributed by atoms with Gasteiger partial charge in [0.05, 0.1) is 5.71 Å². The minimum atomic E-state index is 0.767. The maximum absolute atomic E-state index is 5.87. The van der Waals surface area contributed by atoms with Crippen LogP contribution in [0.3, 0.4) is 0 Å². The Morgan fingerprint density at radius 2 is 1.88 bits per heavy atom. The van der Waals surface area contributed by atoms with Gasteiger partial charge in [-0.2, -0.15) is 0 Å². The highest BCUT2D eigenvalue weighted by atomic mass is 35.5. The van der Waals surface area contributed by atoms with Crippen molar-refractivity contribution in [2.24, 2.45) is 4.99 Å². The van der Waals surface area contributed by atoms with Crippen LogP contribution in [-0.4, -0.2) is 24.7 Å². The van der Waals surface area contributed by atoms with Crippen LogP contribution in [0, 0.1) is 0 Å². The van der Waals surface area contributed by atoms with Gasteiger partial charge in [-0.1, -0.05) is 23.7 Å². The molecule has 0 spiro atoms. The molecule has 0 bridgehead atoms. The Labute approximate surface area is 101 Å². The molecule has 0 aromatic heterocycles. The van der Waals surface area contributed by atoms with Crippen molar-refractivity contribution in [1.29, 1.82) is 0 Å². The van der Waals surface area contributed by atoms with Crippen LogP contribution in [0.25, 0.3) is 0 Å². The normalized spacial score (nSPS) is 15.4. The summed E-state index contributed by atoms with van der Waals surface area (Å²) >= 11 is 5.87. The van der Waals surface area contributed by atoms with Crippen LogP contribution in [0.15, 0.2) is 41.2 Å². The van der Waals surface area contributed by atoms with E-state index in [0.29, 0.717) is 0 Å². The summed E-state index contributed by atoms with van der Waals surface area (Å²) in [5.41, 5.74) is 2.31. The van der Waals surface area contributed by atoms with Gasteiger partial charge < -0.3 is 4.90 Å². The van der Waals surface area contributed by atoms with Gasteiger partial charge in [0.25, 0.3) is 0 Å². The van der Waals surface area contributed by atoms with Crippen molar-refractivity contribution in [3.63, 3.8) is 0 Å². The van der Waals surface area contributed by atoms with Crippen molar-refractivity contribution in [3.05, 3.63) is 46.7 Å². The van der Waals surface area contributed by atoms with Gasteiger partial charge in [-0.15, -0.1) is 0 Å². The minimum Gasteiger partial charge on any atom is -0.363 e. The molecule has 0 N–H and O–H groups in total. The lowest BCUT2D eigenvalue weighted by Gasteiger charge is -2.18. The van der Waals surface area contributed by atoms with Crippen molar-refractivity contribution in [2.75, 3.05) is 14.1 Å². The predicted octanol–water partition coefficient (Wildman–Crippen LogP) is 3.33. The third-order valence-corrected chi connectivity index (χ3v) is 2.85. The molecule has 0 fully saturated rings. The van der Waals surface area contributed by atoms with Crippen LogP contribution in [0.2, 0.25) is 5.02 Å². The van der Waals surface area contributed by atoms with Gasteiger partial charge in [0.1, 0.15) is 5.82 Å². The average Bonchev–Trinajstić information content (AvgIpc) is 2.30. The first-order valence-electron chi connectivity index (χ1n) is 5.38. The second-order valence-electron chi connectivity index (χ2n) is 4.06. The molecule has 1 aliphatic rings. The fourth-order valence-corrected chi connectivity index (χ4v) is 1.84. The van der Waals surface area contributed by atoms with Crippen LogP contribution in [0.4, 0.5) is 0 Å². The fourth-order valence-electron chi connectivity index (χ4n) is 1.71. The molecular weight excluding hydrogens is 220 g/mol. The number of halogens is 1. The van der Waals surface area contributed by atoms with Crippen LogP contribution >= 0.6 is 11.6 Å². The predicted molar refractivity (Wildman–Crippen MR) is 69.0 cm³/mol. The molecule has 1 aromatic rings. The molecule has 0 unspecified atom stereocenters. The molecule has 0 aliphatic carbocycles. The molecule has 84 valence electrons. The van der Waals surface area contributed by atoms with Crippen molar-refractivity contribution in [3.8, 4) is 0 Å². The maximum atomic E-state index is 5.87. The number of hydrogen-bond donors (Lipinski definition) is 0. The lowest BCUT2D eigenvalue weighted by Crippen LogP contribution is -2.15. The average molecular weight is 235 g/mol. The Kier molecular flexibility index (Phi) is 3.30. The van der Waals surface area contributed by atoms with Gasteiger partial charge in [-0.05, 0) is 36.6 Å². The molecule has 3 heteroatoms. The van der Waals surface area contributed by atoms with Crippen molar-refractivity contribution in [1.82, 2.24) is 4.90 Å². The quantitative estimate of drug-likeness (QED) is 0.767. The summed E-state index contributed by atoms with van der Waals surface area (Å²) in [6, 6.07) is 7.87. The van der Waals surface area contributed by atoms with Crippen molar-refractivity contribution in [2.45, 2.75) is 12.8 Å². The van der Waals surface area contributed by atoms with Crippen LogP contribution in [0.5, 0.6) is 0 Å².